The zero-order chi connectivity index (χ0) is 17.4. The maximum Gasteiger partial charge on any atom is 0.144 e. The largest absolute Gasteiger partial charge is 0.495 e. The molecule has 0 radical (unpaired) electrons. The van der Waals surface area contributed by atoms with E-state index in [0.29, 0.717) is 22.3 Å². The second-order valence-electron chi connectivity index (χ2n) is 5.23. The highest BCUT2D eigenvalue weighted by molar-refractivity contribution is 6.32. The molecule has 1 aromatic heterocycles. The molecule has 130 valence electrons. The smallest absolute Gasteiger partial charge is 0.144 e. The summed E-state index contributed by atoms with van der Waals surface area (Å²) in [5.74, 6) is 2.61. The summed E-state index contributed by atoms with van der Waals surface area (Å²) in [6.45, 7) is 3.07. The van der Waals surface area contributed by atoms with E-state index in [1.165, 1.54) is 19.2 Å². The summed E-state index contributed by atoms with van der Waals surface area (Å²) in [4.78, 5) is 8.47. The van der Waals surface area contributed by atoms with Gasteiger partial charge in [0.05, 0.1) is 24.9 Å². The van der Waals surface area contributed by atoms with Crippen LogP contribution < -0.4 is 20.1 Å². The van der Waals surface area contributed by atoms with E-state index in [1.54, 1.807) is 26.4 Å². The number of ether oxygens (including phenoxy) is 2. The summed E-state index contributed by atoms with van der Waals surface area (Å²) in [5, 5.41) is 7.00. The van der Waals surface area contributed by atoms with Crippen molar-refractivity contribution in [1.29, 1.82) is 0 Å². The maximum absolute atomic E-state index is 6.12. The molecule has 7 heteroatoms. The van der Waals surface area contributed by atoms with Crippen LogP contribution in [0.1, 0.15) is 26.2 Å². The van der Waals surface area contributed by atoms with E-state index in [2.05, 4.69) is 27.5 Å². The Labute approximate surface area is 147 Å². The lowest BCUT2D eigenvalue weighted by Crippen LogP contribution is -2.05. The van der Waals surface area contributed by atoms with Crippen molar-refractivity contribution in [3.8, 4) is 11.5 Å². The summed E-state index contributed by atoms with van der Waals surface area (Å²) in [6.07, 6.45) is 5.02. The van der Waals surface area contributed by atoms with Gasteiger partial charge in [-0.2, -0.15) is 0 Å². The van der Waals surface area contributed by atoms with Crippen molar-refractivity contribution in [2.24, 2.45) is 0 Å². The van der Waals surface area contributed by atoms with Gasteiger partial charge >= 0.3 is 0 Å². The first-order valence-corrected chi connectivity index (χ1v) is 8.30. The molecular formula is C17H23ClN4O2. The van der Waals surface area contributed by atoms with Crippen molar-refractivity contribution >= 4 is 28.9 Å². The first-order valence-electron chi connectivity index (χ1n) is 7.92. The number of hydrogen-bond acceptors (Lipinski definition) is 6. The van der Waals surface area contributed by atoms with Crippen LogP contribution in [0.25, 0.3) is 0 Å². The van der Waals surface area contributed by atoms with Crippen LogP contribution in [0.4, 0.5) is 17.3 Å². The molecule has 0 unspecified atom stereocenters. The first kappa shape index (κ1) is 18.1. The van der Waals surface area contributed by atoms with Gasteiger partial charge in [0.15, 0.2) is 0 Å². The van der Waals surface area contributed by atoms with Gasteiger partial charge < -0.3 is 20.1 Å². The van der Waals surface area contributed by atoms with Crippen LogP contribution in [-0.2, 0) is 0 Å². The Morgan fingerprint density at radius 2 is 1.75 bits per heavy atom. The number of methoxy groups -OCH3 is 2. The Morgan fingerprint density at radius 3 is 2.46 bits per heavy atom. The molecule has 24 heavy (non-hydrogen) atoms. The molecule has 0 aliphatic heterocycles. The Bertz CT molecular complexity index is 667. The normalized spacial score (nSPS) is 10.3. The van der Waals surface area contributed by atoms with E-state index in [4.69, 9.17) is 21.1 Å². The molecule has 0 saturated carbocycles. The van der Waals surface area contributed by atoms with Gasteiger partial charge in [-0.25, -0.2) is 9.97 Å². The van der Waals surface area contributed by atoms with Gasteiger partial charge in [-0.15, -0.1) is 0 Å². The maximum atomic E-state index is 6.12. The molecule has 6 nitrogen and oxygen atoms in total. The molecule has 2 aromatic rings. The molecule has 0 saturated heterocycles. The van der Waals surface area contributed by atoms with Gasteiger partial charge in [0, 0.05) is 24.7 Å². The number of nitrogens with zero attached hydrogens (tertiary/aromatic N) is 2. The highest BCUT2D eigenvalue weighted by Crippen LogP contribution is 2.37. The van der Waals surface area contributed by atoms with Gasteiger partial charge in [0.25, 0.3) is 0 Å². The third-order valence-electron chi connectivity index (χ3n) is 3.49. The van der Waals surface area contributed by atoms with Crippen molar-refractivity contribution < 1.29 is 9.47 Å². The Balaban J connectivity index is 2.13. The van der Waals surface area contributed by atoms with E-state index in [-0.39, 0.29) is 0 Å². The summed E-state index contributed by atoms with van der Waals surface area (Å²) in [5.41, 5.74) is 0.717. The van der Waals surface area contributed by atoms with Crippen molar-refractivity contribution in [3.05, 3.63) is 29.5 Å². The quantitative estimate of drug-likeness (QED) is 0.649. The van der Waals surface area contributed by atoms with Gasteiger partial charge in [0.2, 0.25) is 0 Å². The molecular weight excluding hydrogens is 328 g/mol. The van der Waals surface area contributed by atoms with Crippen molar-refractivity contribution in [3.63, 3.8) is 0 Å². The number of hydrogen-bond donors (Lipinski definition) is 2. The number of nitrogens with one attached hydrogen (secondary N) is 2. The minimum atomic E-state index is 0.487. The standard InChI is InChI=1S/C17H23ClN4O2/c1-4-5-6-7-19-16-10-17(21-11-20-16)22-13-9-14(23-2)12(18)8-15(13)24-3/h8-11H,4-7H2,1-3H3,(H2,19,20,21,22). The summed E-state index contributed by atoms with van der Waals surface area (Å²) in [7, 11) is 3.16. The Kier molecular flexibility index (Phi) is 6.93. The lowest BCUT2D eigenvalue weighted by molar-refractivity contribution is 0.405. The van der Waals surface area contributed by atoms with Gasteiger partial charge in [0.1, 0.15) is 29.5 Å². The van der Waals surface area contributed by atoms with Crippen molar-refractivity contribution in [1.82, 2.24) is 9.97 Å². The van der Waals surface area contributed by atoms with Crippen LogP contribution in [0, 0.1) is 0 Å². The number of rotatable bonds is 9. The molecule has 0 bridgehead atoms. The van der Waals surface area contributed by atoms with Gasteiger partial charge in [-0.1, -0.05) is 31.4 Å². The lowest BCUT2D eigenvalue weighted by Gasteiger charge is -2.14. The van der Waals surface area contributed by atoms with Crippen LogP contribution in [0.2, 0.25) is 5.02 Å². The Hall–Kier alpha value is -2.21. The Morgan fingerprint density at radius 1 is 1.00 bits per heavy atom. The van der Waals surface area contributed by atoms with Crippen LogP contribution in [-0.4, -0.2) is 30.7 Å². The molecule has 0 atom stereocenters. The molecule has 0 aliphatic rings. The molecule has 1 heterocycles. The van der Waals surface area contributed by atoms with Crippen molar-refractivity contribution in [2.45, 2.75) is 26.2 Å². The van der Waals surface area contributed by atoms with Gasteiger partial charge in [-0.05, 0) is 6.42 Å². The number of unbranched alkanes of at least 4 members (excludes halogenated alkanes) is 2. The molecule has 0 amide bonds. The minimum Gasteiger partial charge on any atom is -0.495 e. The lowest BCUT2D eigenvalue weighted by atomic mass is 10.2. The number of aromatic nitrogens is 2. The number of halogens is 1. The summed E-state index contributed by atoms with van der Waals surface area (Å²) in [6, 6.07) is 5.33. The third kappa shape index (κ3) is 4.89. The highest BCUT2D eigenvalue weighted by Gasteiger charge is 2.11. The predicted molar refractivity (Wildman–Crippen MR) is 97.9 cm³/mol. The topological polar surface area (TPSA) is 68.3 Å². The minimum absolute atomic E-state index is 0.487. The second-order valence-corrected chi connectivity index (χ2v) is 5.64. The first-order chi connectivity index (χ1) is 11.7. The van der Waals surface area contributed by atoms with Gasteiger partial charge in [-0.3, -0.25) is 0 Å². The monoisotopic (exact) mass is 350 g/mol. The predicted octanol–water partition coefficient (Wildman–Crippen LogP) is 4.49. The molecule has 0 spiro atoms. The average Bonchev–Trinajstić information content (AvgIpc) is 2.60. The van der Waals surface area contributed by atoms with E-state index >= 15 is 0 Å². The zero-order valence-corrected chi connectivity index (χ0v) is 15.0. The third-order valence-corrected chi connectivity index (χ3v) is 3.79. The second kappa shape index (κ2) is 9.17. The van der Waals surface area contributed by atoms with E-state index in [9.17, 15) is 0 Å². The van der Waals surface area contributed by atoms with E-state index in [0.717, 1.165) is 24.5 Å². The van der Waals surface area contributed by atoms with Crippen LogP contribution in [0.15, 0.2) is 24.5 Å². The fourth-order valence-electron chi connectivity index (χ4n) is 2.21. The summed E-state index contributed by atoms with van der Waals surface area (Å²) < 4.78 is 10.6. The zero-order valence-electron chi connectivity index (χ0n) is 14.2. The summed E-state index contributed by atoms with van der Waals surface area (Å²) >= 11 is 6.12. The molecule has 1 aromatic carbocycles. The van der Waals surface area contributed by atoms with Crippen LogP contribution in [0.3, 0.4) is 0 Å². The molecule has 2 rings (SSSR count). The van der Waals surface area contributed by atoms with E-state index < -0.39 is 0 Å². The molecule has 0 fully saturated rings. The fraction of sp³-hybridized carbons (Fsp3) is 0.412. The van der Waals surface area contributed by atoms with Crippen LogP contribution >= 0.6 is 11.6 Å². The number of benzene rings is 1. The molecule has 0 aliphatic carbocycles. The SMILES string of the molecule is CCCCCNc1cc(Nc2cc(OC)c(Cl)cc2OC)ncn1. The average molecular weight is 351 g/mol. The van der Waals surface area contributed by atoms with Crippen molar-refractivity contribution in [2.75, 3.05) is 31.4 Å². The number of anilines is 3. The fourth-order valence-corrected chi connectivity index (χ4v) is 2.44. The van der Waals surface area contributed by atoms with E-state index in [1.807, 2.05) is 6.07 Å². The molecule has 2 N–H and O–H groups in total. The highest BCUT2D eigenvalue weighted by atomic mass is 35.5. The van der Waals surface area contributed by atoms with Crippen LogP contribution in [0.5, 0.6) is 11.5 Å².